The Morgan fingerprint density at radius 3 is 2.85 bits per heavy atom. The molecule has 3 N–H and O–H groups in total. The number of hydrogen-bond donors (Lipinski definition) is 2. The van der Waals surface area contributed by atoms with Crippen LogP contribution < -0.4 is 11.1 Å². The Morgan fingerprint density at radius 2 is 2.20 bits per heavy atom. The number of carbonyl (C=O) groups excluding carboxylic acids is 2. The third-order valence-electron chi connectivity index (χ3n) is 3.65. The highest BCUT2D eigenvalue weighted by molar-refractivity contribution is 5.78. The molecule has 6 nitrogen and oxygen atoms in total. The molecule has 6 heteroatoms. The second-order valence-electron chi connectivity index (χ2n) is 5.42. The van der Waals surface area contributed by atoms with Crippen LogP contribution in [0.15, 0.2) is 0 Å². The van der Waals surface area contributed by atoms with Gasteiger partial charge >= 0.3 is 5.97 Å². The zero-order chi connectivity index (χ0) is 15.0. The number of likely N-dealkylation sites (tertiary alicyclic amines) is 1. The van der Waals surface area contributed by atoms with Gasteiger partial charge in [0.1, 0.15) is 0 Å². The van der Waals surface area contributed by atoms with Gasteiger partial charge in [-0.15, -0.1) is 0 Å². The summed E-state index contributed by atoms with van der Waals surface area (Å²) in [6, 6.07) is 0.153. The molecule has 1 rings (SSSR count). The van der Waals surface area contributed by atoms with Gasteiger partial charge in [-0.1, -0.05) is 6.92 Å². The van der Waals surface area contributed by atoms with Crippen LogP contribution in [0, 0.1) is 5.92 Å². The van der Waals surface area contributed by atoms with Gasteiger partial charge in [0.25, 0.3) is 0 Å². The van der Waals surface area contributed by atoms with Gasteiger partial charge in [-0.3, -0.25) is 14.5 Å². The molecule has 0 radical (unpaired) electrons. The SMILES string of the molecule is CCOC(=O)CCCNC(=O)CN1CCC(C)C(N)C1. The van der Waals surface area contributed by atoms with Gasteiger partial charge in [-0.25, -0.2) is 0 Å². The van der Waals surface area contributed by atoms with Gasteiger partial charge in [-0.2, -0.15) is 0 Å². The van der Waals surface area contributed by atoms with E-state index in [4.69, 9.17) is 10.5 Å². The molecule has 1 aliphatic heterocycles. The Hall–Kier alpha value is -1.14. The predicted octanol–water partition coefficient (Wildman–Crippen LogP) is 0.115. The lowest BCUT2D eigenvalue weighted by molar-refractivity contribution is -0.143. The predicted molar refractivity (Wildman–Crippen MR) is 77.1 cm³/mol. The molecule has 1 amide bonds. The highest BCUT2D eigenvalue weighted by Gasteiger charge is 2.24. The van der Waals surface area contributed by atoms with Crippen LogP contribution in [0.2, 0.25) is 0 Å². The maximum absolute atomic E-state index is 11.8. The van der Waals surface area contributed by atoms with Gasteiger partial charge in [-0.05, 0) is 32.2 Å². The van der Waals surface area contributed by atoms with Crippen LogP contribution in [0.1, 0.15) is 33.1 Å². The van der Waals surface area contributed by atoms with Crippen molar-refractivity contribution in [3.63, 3.8) is 0 Å². The summed E-state index contributed by atoms with van der Waals surface area (Å²) in [5.41, 5.74) is 6.00. The zero-order valence-electron chi connectivity index (χ0n) is 12.6. The minimum Gasteiger partial charge on any atom is -0.466 e. The first-order valence-electron chi connectivity index (χ1n) is 7.43. The fraction of sp³-hybridized carbons (Fsp3) is 0.857. The van der Waals surface area contributed by atoms with E-state index in [1.165, 1.54) is 0 Å². The highest BCUT2D eigenvalue weighted by Crippen LogP contribution is 2.14. The van der Waals surface area contributed by atoms with Gasteiger partial charge in [0.15, 0.2) is 0 Å². The molecule has 2 atom stereocenters. The molecule has 0 aromatic carbocycles. The summed E-state index contributed by atoms with van der Waals surface area (Å²) in [7, 11) is 0. The van der Waals surface area contributed by atoms with E-state index in [-0.39, 0.29) is 17.9 Å². The van der Waals surface area contributed by atoms with Crippen LogP contribution in [0.25, 0.3) is 0 Å². The fourth-order valence-electron chi connectivity index (χ4n) is 2.27. The van der Waals surface area contributed by atoms with E-state index in [1.807, 2.05) is 0 Å². The number of nitrogens with one attached hydrogen (secondary N) is 1. The average Bonchev–Trinajstić information content (AvgIpc) is 2.39. The van der Waals surface area contributed by atoms with Crippen molar-refractivity contribution in [2.75, 3.05) is 32.8 Å². The summed E-state index contributed by atoms with van der Waals surface area (Å²) in [5.74, 6) is 0.312. The van der Waals surface area contributed by atoms with Crippen molar-refractivity contribution >= 4 is 11.9 Å². The normalized spacial score (nSPS) is 23.4. The van der Waals surface area contributed by atoms with Gasteiger partial charge in [0, 0.05) is 25.6 Å². The minimum absolute atomic E-state index is 0.00406. The van der Waals surface area contributed by atoms with Crippen LogP contribution >= 0.6 is 0 Å². The van der Waals surface area contributed by atoms with Crippen molar-refractivity contribution in [2.45, 2.75) is 39.2 Å². The molecule has 20 heavy (non-hydrogen) atoms. The van der Waals surface area contributed by atoms with E-state index < -0.39 is 0 Å². The molecular formula is C14H27N3O3. The maximum atomic E-state index is 11.8. The van der Waals surface area contributed by atoms with Crippen LogP contribution in [-0.2, 0) is 14.3 Å². The van der Waals surface area contributed by atoms with E-state index in [9.17, 15) is 9.59 Å². The standard InChI is InChI=1S/C14H27N3O3/c1-3-20-14(19)5-4-7-16-13(18)10-17-8-6-11(2)12(15)9-17/h11-12H,3-10,15H2,1-2H3,(H,16,18). The number of nitrogens with zero attached hydrogens (tertiary/aromatic N) is 1. The molecule has 0 aromatic rings. The summed E-state index contributed by atoms with van der Waals surface area (Å²) in [6.45, 7) is 6.93. The lowest BCUT2D eigenvalue weighted by Crippen LogP contribution is -2.50. The highest BCUT2D eigenvalue weighted by atomic mass is 16.5. The van der Waals surface area contributed by atoms with Gasteiger partial charge in [0.2, 0.25) is 5.91 Å². The largest absolute Gasteiger partial charge is 0.466 e. The Balaban J connectivity index is 2.10. The molecular weight excluding hydrogens is 258 g/mol. The first-order chi connectivity index (χ1) is 9.52. The molecule has 1 saturated heterocycles. The van der Waals surface area contributed by atoms with E-state index in [2.05, 4.69) is 17.1 Å². The quantitative estimate of drug-likeness (QED) is 0.512. The number of esters is 1. The van der Waals surface area contributed by atoms with Crippen LogP contribution in [0.4, 0.5) is 0 Å². The number of nitrogens with two attached hydrogens (primary N) is 1. The summed E-state index contributed by atoms with van der Waals surface area (Å²) in [4.78, 5) is 25.0. The summed E-state index contributed by atoms with van der Waals surface area (Å²) in [6.07, 6.45) is 2.00. The smallest absolute Gasteiger partial charge is 0.305 e. The molecule has 0 spiro atoms. The van der Waals surface area contributed by atoms with E-state index >= 15 is 0 Å². The second-order valence-corrected chi connectivity index (χ2v) is 5.42. The average molecular weight is 285 g/mol. The van der Waals surface area contributed by atoms with Crippen molar-refractivity contribution in [1.82, 2.24) is 10.2 Å². The minimum atomic E-state index is -0.210. The molecule has 2 unspecified atom stereocenters. The third kappa shape index (κ3) is 6.34. The first kappa shape index (κ1) is 16.9. The Bertz CT molecular complexity index is 323. The molecule has 0 aromatic heterocycles. The fourth-order valence-corrected chi connectivity index (χ4v) is 2.27. The van der Waals surface area contributed by atoms with E-state index in [0.717, 1.165) is 19.5 Å². The lowest BCUT2D eigenvalue weighted by Gasteiger charge is -2.34. The van der Waals surface area contributed by atoms with E-state index in [0.29, 0.717) is 38.5 Å². The lowest BCUT2D eigenvalue weighted by atomic mass is 9.94. The Labute approximate surface area is 121 Å². The number of hydrogen-bond acceptors (Lipinski definition) is 5. The molecule has 0 saturated carbocycles. The van der Waals surface area contributed by atoms with Gasteiger partial charge < -0.3 is 15.8 Å². The van der Waals surface area contributed by atoms with E-state index in [1.54, 1.807) is 6.92 Å². The van der Waals surface area contributed by atoms with Crippen LogP contribution in [0.3, 0.4) is 0 Å². The molecule has 0 aliphatic carbocycles. The maximum Gasteiger partial charge on any atom is 0.305 e. The van der Waals surface area contributed by atoms with Crippen molar-refractivity contribution in [3.05, 3.63) is 0 Å². The van der Waals surface area contributed by atoms with Gasteiger partial charge in [0.05, 0.1) is 13.2 Å². The number of ether oxygens (including phenoxy) is 1. The number of carbonyl (C=O) groups is 2. The Kier molecular flexibility index (Phi) is 7.54. The summed E-state index contributed by atoms with van der Waals surface area (Å²) in [5, 5.41) is 2.82. The van der Waals surface area contributed by atoms with Crippen LogP contribution in [-0.4, -0.2) is 55.6 Å². The molecule has 1 fully saturated rings. The van der Waals surface area contributed by atoms with Crippen molar-refractivity contribution in [3.8, 4) is 0 Å². The third-order valence-corrected chi connectivity index (χ3v) is 3.65. The monoisotopic (exact) mass is 285 g/mol. The second kappa shape index (κ2) is 8.92. The van der Waals surface area contributed by atoms with Crippen LogP contribution in [0.5, 0.6) is 0 Å². The molecule has 0 bridgehead atoms. The zero-order valence-corrected chi connectivity index (χ0v) is 12.6. The van der Waals surface area contributed by atoms with Crippen molar-refractivity contribution in [1.29, 1.82) is 0 Å². The van der Waals surface area contributed by atoms with Crippen molar-refractivity contribution in [2.24, 2.45) is 11.7 Å². The summed E-state index contributed by atoms with van der Waals surface area (Å²) >= 11 is 0. The molecule has 1 heterocycles. The molecule has 116 valence electrons. The topological polar surface area (TPSA) is 84.7 Å². The first-order valence-corrected chi connectivity index (χ1v) is 7.43. The molecule has 1 aliphatic rings. The Morgan fingerprint density at radius 1 is 1.45 bits per heavy atom. The van der Waals surface area contributed by atoms with Crippen molar-refractivity contribution < 1.29 is 14.3 Å². The number of piperidine rings is 1. The summed E-state index contributed by atoms with van der Waals surface area (Å²) < 4.78 is 4.82. The number of amides is 1. The number of rotatable bonds is 7.